The van der Waals surface area contributed by atoms with Crippen molar-refractivity contribution in [2.45, 2.75) is 96.8 Å². The molecule has 2 rings (SSSR count). The van der Waals surface area contributed by atoms with Crippen LogP contribution in [0.1, 0.15) is 74.1 Å². The summed E-state index contributed by atoms with van der Waals surface area (Å²) in [6.07, 6.45) is 5.50. The average Bonchev–Trinajstić information content (AvgIpc) is 2.81. The molecule has 2 aliphatic heterocycles. The molecule has 0 spiro atoms. The minimum atomic E-state index is -1.28. The Hall–Kier alpha value is 0.600. The number of hydrogen-bond acceptors (Lipinski definition) is 0. The van der Waals surface area contributed by atoms with Crippen molar-refractivity contribution in [3.63, 3.8) is 0 Å². The van der Waals surface area contributed by atoms with Crippen LogP contribution in [0, 0.1) is 18.7 Å². The number of allylic oxidation sites excluding steroid dienone is 1. The largest absolute Gasteiger partial charge is 0.175 e. The maximum Gasteiger partial charge on any atom is 0.0797 e. The van der Waals surface area contributed by atoms with Crippen LogP contribution in [-0.2, 0) is 0 Å². The molecule has 0 N–H and O–H groups in total. The molecular formula is C20H38P2. The Bertz CT molecular complexity index is 423. The van der Waals surface area contributed by atoms with Crippen LogP contribution in [0.15, 0.2) is 11.1 Å². The predicted octanol–water partition coefficient (Wildman–Crippen LogP) is 7.63. The third-order valence-corrected chi connectivity index (χ3v) is 16.9. The summed E-state index contributed by atoms with van der Waals surface area (Å²) in [5, 5.41) is 1.74. The Balaban J connectivity index is 2.55. The summed E-state index contributed by atoms with van der Waals surface area (Å²) in [5.74, 6) is 2.76. The Morgan fingerprint density at radius 2 is 1.18 bits per heavy atom. The Morgan fingerprint density at radius 1 is 0.818 bits per heavy atom. The minimum Gasteiger partial charge on any atom is -0.175 e. The summed E-state index contributed by atoms with van der Waals surface area (Å²) >= 11 is 0. The highest BCUT2D eigenvalue weighted by molar-refractivity contribution is 7.85. The van der Waals surface area contributed by atoms with Gasteiger partial charge in [-0.3, -0.25) is 0 Å². The van der Waals surface area contributed by atoms with Crippen molar-refractivity contribution in [2.75, 3.05) is 0 Å². The second kappa shape index (κ2) is 6.15. The van der Waals surface area contributed by atoms with Gasteiger partial charge in [-0.2, -0.15) is 13.3 Å². The molecule has 4 atom stereocenters. The van der Waals surface area contributed by atoms with E-state index in [1.54, 1.807) is 5.31 Å². The van der Waals surface area contributed by atoms with Crippen molar-refractivity contribution >= 4 is 14.5 Å². The van der Waals surface area contributed by atoms with Crippen LogP contribution >= 0.6 is 14.5 Å². The molecule has 2 heterocycles. The second-order valence-electron chi connectivity index (χ2n) is 9.24. The highest BCUT2D eigenvalue weighted by atomic mass is 31.2. The summed E-state index contributed by atoms with van der Waals surface area (Å²) in [7, 11) is -2.51. The lowest BCUT2D eigenvalue weighted by atomic mass is 9.97. The lowest BCUT2D eigenvalue weighted by Crippen LogP contribution is -2.21. The van der Waals surface area contributed by atoms with Gasteiger partial charge in [-0.25, -0.2) is 0 Å². The fraction of sp³-hybridized carbons (Fsp3) is 0.800. The lowest BCUT2D eigenvalue weighted by Gasteiger charge is -2.44. The molecule has 0 aromatic heterocycles. The topological polar surface area (TPSA) is 0 Å². The van der Waals surface area contributed by atoms with Gasteiger partial charge in [0.2, 0.25) is 0 Å². The minimum absolute atomic E-state index is 0.245. The van der Waals surface area contributed by atoms with E-state index in [0.717, 1.165) is 22.6 Å². The molecule has 2 heteroatoms. The van der Waals surface area contributed by atoms with E-state index in [2.05, 4.69) is 54.3 Å². The van der Waals surface area contributed by atoms with Gasteiger partial charge >= 0.3 is 0 Å². The van der Waals surface area contributed by atoms with Gasteiger partial charge in [0.1, 0.15) is 0 Å². The monoisotopic (exact) mass is 340 g/mol. The van der Waals surface area contributed by atoms with Crippen LogP contribution in [0.2, 0.25) is 0 Å². The second-order valence-corrected chi connectivity index (χ2v) is 17.4. The molecule has 0 unspecified atom stereocenters. The average molecular weight is 340 g/mol. The van der Waals surface area contributed by atoms with Crippen LogP contribution in [-0.4, -0.2) is 22.6 Å². The summed E-state index contributed by atoms with van der Waals surface area (Å²) in [6.45, 7) is 26.9. The maximum absolute atomic E-state index is 4.95. The van der Waals surface area contributed by atoms with Crippen LogP contribution < -0.4 is 0 Å². The first kappa shape index (κ1) is 18.9. The summed E-state index contributed by atoms with van der Waals surface area (Å²) in [5.41, 5.74) is 3.45. The molecule has 0 amide bonds. The third-order valence-electron chi connectivity index (χ3n) is 6.80. The van der Waals surface area contributed by atoms with E-state index in [1.165, 1.54) is 25.7 Å². The Labute approximate surface area is 141 Å². The molecule has 0 aliphatic carbocycles. The zero-order valence-corrected chi connectivity index (χ0v) is 17.8. The Kier molecular flexibility index (Phi) is 5.29. The van der Waals surface area contributed by atoms with Gasteiger partial charge in [-0.15, -0.1) is 0 Å². The van der Waals surface area contributed by atoms with E-state index in [1.807, 2.05) is 0 Å². The van der Waals surface area contributed by atoms with Crippen molar-refractivity contribution in [1.82, 2.24) is 0 Å². The zero-order chi connectivity index (χ0) is 16.9. The van der Waals surface area contributed by atoms with E-state index >= 15 is 0 Å². The smallest absolute Gasteiger partial charge is 0.0797 e. The summed E-state index contributed by atoms with van der Waals surface area (Å²) < 4.78 is 0. The molecule has 2 saturated heterocycles. The lowest BCUT2D eigenvalue weighted by molar-refractivity contribution is 0.529. The van der Waals surface area contributed by atoms with Gasteiger partial charge < -0.3 is 0 Å². The first-order valence-corrected chi connectivity index (χ1v) is 13.4. The van der Waals surface area contributed by atoms with Crippen LogP contribution in [0.3, 0.4) is 0 Å². The van der Waals surface area contributed by atoms with Crippen molar-refractivity contribution in [2.24, 2.45) is 5.41 Å². The van der Waals surface area contributed by atoms with E-state index in [9.17, 15) is 0 Å². The highest BCUT2D eigenvalue weighted by Gasteiger charge is 2.52. The molecule has 22 heavy (non-hydrogen) atoms. The van der Waals surface area contributed by atoms with E-state index in [4.69, 9.17) is 13.3 Å². The molecule has 128 valence electrons. The normalized spacial score (nSPS) is 38.5. The highest BCUT2D eigenvalue weighted by Crippen LogP contribution is 2.83. The van der Waals surface area contributed by atoms with Gasteiger partial charge in [0.05, 0.1) is 11.1 Å². The molecule has 0 aromatic carbocycles. The van der Waals surface area contributed by atoms with Crippen molar-refractivity contribution in [3.05, 3.63) is 24.5 Å². The standard InChI is InChI=1S/C20H38P2/c1-15-10-11-16(2)21(15,8)14-19(20(5,6)7)22(9)17(3)12-13-18(22)4/h14-18H,8-13H2,1-7H3/b19-14-/t15-,16-,17-,18-/m1/s1. The number of rotatable bonds is 2. The molecule has 2 fully saturated rings. The number of hydrogen-bond donors (Lipinski definition) is 0. The van der Waals surface area contributed by atoms with Gasteiger partial charge in [0.15, 0.2) is 0 Å². The van der Waals surface area contributed by atoms with Gasteiger partial charge in [0.25, 0.3) is 0 Å². The SMILES string of the molecule is [CH2-][P+]1(/C=C(/C(C)(C)C)[P+]2([CH2-])[C@H](C)CC[C@H]2C)[C@H](C)CC[C@H]1C. The maximum atomic E-state index is 4.95. The van der Waals surface area contributed by atoms with E-state index < -0.39 is 14.5 Å². The molecule has 0 aromatic rings. The van der Waals surface area contributed by atoms with Gasteiger partial charge in [-0.1, -0.05) is 35.3 Å². The quantitative estimate of drug-likeness (QED) is 0.358. The molecular weight excluding hydrogens is 302 g/mol. The van der Waals surface area contributed by atoms with Gasteiger partial charge in [0, 0.05) is 28.1 Å². The fourth-order valence-electron chi connectivity index (χ4n) is 4.66. The molecule has 0 saturated carbocycles. The first-order valence-electron chi connectivity index (χ1n) is 9.13. The van der Waals surface area contributed by atoms with E-state index in [-0.39, 0.29) is 5.41 Å². The van der Waals surface area contributed by atoms with Crippen LogP contribution in [0.5, 0.6) is 0 Å². The third kappa shape index (κ3) is 2.97. The van der Waals surface area contributed by atoms with Crippen molar-refractivity contribution in [3.8, 4) is 0 Å². The van der Waals surface area contributed by atoms with Gasteiger partial charge in [-0.05, 0) is 53.4 Å². The molecule has 2 aliphatic rings. The van der Waals surface area contributed by atoms with Crippen LogP contribution in [0.4, 0.5) is 0 Å². The first-order chi connectivity index (χ1) is 9.94. The summed E-state index contributed by atoms with van der Waals surface area (Å²) in [4.78, 5) is 0. The van der Waals surface area contributed by atoms with Crippen LogP contribution in [0.25, 0.3) is 0 Å². The zero-order valence-electron chi connectivity index (χ0n) is 16.0. The molecule has 0 nitrogen and oxygen atoms in total. The molecule has 0 radical (unpaired) electrons. The summed E-state index contributed by atoms with van der Waals surface area (Å²) in [6, 6.07) is 0. The van der Waals surface area contributed by atoms with Crippen molar-refractivity contribution in [1.29, 1.82) is 0 Å². The fourth-order valence-corrected chi connectivity index (χ4v) is 13.9. The predicted molar refractivity (Wildman–Crippen MR) is 108 cm³/mol. The Morgan fingerprint density at radius 3 is 1.55 bits per heavy atom. The van der Waals surface area contributed by atoms with Crippen molar-refractivity contribution < 1.29 is 0 Å². The van der Waals surface area contributed by atoms with E-state index in [0.29, 0.717) is 0 Å². The molecule has 0 bridgehead atoms.